The van der Waals surface area contributed by atoms with E-state index in [1.165, 1.54) is 6.92 Å². The minimum absolute atomic E-state index is 0.240. The number of carbonyl (C=O) groups excluding carboxylic acids is 2. The highest BCUT2D eigenvalue weighted by Gasteiger charge is 2.38. The Kier molecular flexibility index (Phi) is 3.60. The Hall–Kier alpha value is -2.57. The maximum atomic E-state index is 12.2. The first-order valence-corrected chi connectivity index (χ1v) is 6.11. The third kappa shape index (κ3) is 2.42. The van der Waals surface area contributed by atoms with Gasteiger partial charge in [-0.2, -0.15) is 0 Å². The predicted octanol–water partition coefficient (Wildman–Crippen LogP) is 0.0857. The third-order valence-electron chi connectivity index (χ3n) is 3.25. The van der Waals surface area contributed by atoms with E-state index in [4.69, 9.17) is 5.73 Å². The van der Waals surface area contributed by atoms with Crippen molar-refractivity contribution in [2.75, 3.05) is 4.90 Å². The summed E-state index contributed by atoms with van der Waals surface area (Å²) in [5.41, 5.74) is 6.40. The van der Waals surface area contributed by atoms with E-state index in [0.29, 0.717) is 5.69 Å². The molecule has 1 unspecified atom stereocenters. The summed E-state index contributed by atoms with van der Waals surface area (Å²) in [6.07, 6.45) is 0.240. The fourth-order valence-corrected chi connectivity index (χ4v) is 2.16. The number of amides is 3. The van der Waals surface area contributed by atoms with E-state index in [1.54, 1.807) is 24.3 Å². The quantitative estimate of drug-likeness (QED) is 0.726. The number of carbonyl (C=O) groups is 3. The van der Waals surface area contributed by atoms with E-state index < -0.39 is 30.0 Å². The zero-order chi connectivity index (χ0) is 14.9. The van der Waals surface area contributed by atoms with Crippen molar-refractivity contribution in [3.05, 3.63) is 29.8 Å². The molecule has 0 spiro atoms. The van der Waals surface area contributed by atoms with E-state index >= 15 is 0 Å². The summed E-state index contributed by atoms with van der Waals surface area (Å²) in [4.78, 5) is 35.6. The van der Waals surface area contributed by atoms with Gasteiger partial charge >= 0.3 is 12.0 Å². The number of rotatable bonds is 3. The lowest BCUT2D eigenvalue weighted by atomic mass is 10.1. The Balaban J connectivity index is 2.29. The number of para-hydroxylation sites is 1. The van der Waals surface area contributed by atoms with Crippen molar-refractivity contribution < 1.29 is 19.5 Å². The third-order valence-corrected chi connectivity index (χ3v) is 3.25. The highest BCUT2D eigenvalue weighted by Crippen LogP contribution is 2.32. The summed E-state index contributed by atoms with van der Waals surface area (Å²) < 4.78 is 0. The SMILES string of the molecule is CC(NC(=O)N1c2ccccc2C[C@H]1C(=O)O)C(N)=O. The molecule has 0 radical (unpaired) electrons. The fraction of sp³-hybridized carbons (Fsp3) is 0.308. The van der Waals surface area contributed by atoms with Gasteiger partial charge in [0.15, 0.2) is 0 Å². The van der Waals surface area contributed by atoms with Gasteiger partial charge in [-0.25, -0.2) is 9.59 Å². The number of nitrogens with two attached hydrogens (primary N) is 1. The Morgan fingerprint density at radius 1 is 1.40 bits per heavy atom. The lowest BCUT2D eigenvalue weighted by molar-refractivity contribution is -0.138. The molecule has 1 aliphatic heterocycles. The molecule has 0 fully saturated rings. The van der Waals surface area contributed by atoms with Gasteiger partial charge in [0.2, 0.25) is 5.91 Å². The molecule has 0 bridgehead atoms. The number of aliphatic carboxylic acids is 1. The molecule has 0 aromatic heterocycles. The van der Waals surface area contributed by atoms with Crippen LogP contribution in [0.3, 0.4) is 0 Å². The standard InChI is InChI=1S/C13H15N3O4/c1-7(11(14)17)15-13(20)16-9-5-3-2-4-8(9)6-10(16)12(18)19/h2-5,7,10H,6H2,1H3,(H2,14,17)(H,15,20)(H,18,19)/t7?,10-/m0/s1. The molecule has 106 valence electrons. The zero-order valence-corrected chi connectivity index (χ0v) is 10.9. The molecule has 0 aliphatic carbocycles. The van der Waals surface area contributed by atoms with Crippen molar-refractivity contribution in [2.45, 2.75) is 25.4 Å². The van der Waals surface area contributed by atoms with Gasteiger partial charge in [0.1, 0.15) is 12.1 Å². The van der Waals surface area contributed by atoms with Crippen molar-refractivity contribution in [3.8, 4) is 0 Å². The molecule has 0 saturated carbocycles. The Morgan fingerprint density at radius 2 is 2.05 bits per heavy atom. The molecule has 0 saturated heterocycles. The maximum absolute atomic E-state index is 12.2. The van der Waals surface area contributed by atoms with Crippen LogP contribution in [0.5, 0.6) is 0 Å². The minimum atomic E-state index is -1.09. The Labute approximate surface area is 115 Å². The number of nitrogens with zero attached hydrogens (tertiary/aromatic N) is 1. The van der Waals surface area contributed by atoms with Crippen molar-refractivity contribution in [1.29, 1.82) is 0 Å². The number of benzene rings is 1. The lowest BCUT2D eigenvalue weighted by Gasteiger charge is -2.24. The van der Waals surface area contributed by atoms with E-state index in [9.17, 15) is 19.5 Å². The smallest absolute Gasteiger partial charge is 0.327 e. The number of hydrogen-bond acceptors (Lipinski definition) is 3. The van der Waals surface area contributed by atoms with Crippen LogP contribution in [-0.2, 0) is 16.0 Å². The number of anilines is 1. The van der Waals surface area contributed by atoms with Crippen molar-refractivity contribution in [3.63, 3.8) is 0 Å². The number of carboxylic acid groups (broad SMARTS) is 1. The van der Waals surface area contributed by atoms with Crippen LogP contribution in [0.1, 0.15) is 12.5 Å². The van der Waals surface area contributed by atoms with Crippen LogP contribution in [0.15, 0.2) is 24.3 Å². The van der Waals surface area contributed by atoms with Gasteiger partial charge in [-0.3, -0.25) is 9.69 Å². The first-order chi connectivity index (χ1) is 9.41. The van der Waals surface area contributed by atoms with Crippen LogP contribution in [0.25, 0.3) is 0 Å². The second-order valence-corrected chi connectivity index (χ2v) is 4.63. The van der Waals surface area contributed by atoms with E-state index in [2.05, 4.69) is 5.32 Å². The first-order valence-electron chi connectivity index (χ1n) is 6.11. The molecule has 2 atom stereocenters. The Bertz CT molecular complexity index is 572. The molecule has 2 rings (SSSR count). The highest BCUT2D eigenvalue weighted by molar-refractivity contribution is 6.02. The van der Waals surface area contributed by atoms with Crippen LogP contribution >= 0.6 is 0 Å². The normalized spacial score (nSPS) is 18.2. The molecule has 1 aromatic carbocycles. The predicted molar refractivity (Wildman–Crippen MR) is 71.2 cm³/mol. The number of carboxylic acids is 1. The lowest BCUT2D eigenvalue weighted by Crippen LogP contribution is -2.52. The van der Waals surface area contributed by atoms with Crippen molar-refractivity contribution in [1.82, 2.24) is 5.32 Å². The van der Waals surface area contributed by atoms with Crippen LogP contribution in [0.4, 0.5) is 10.5 Å². The van der Waals surface area contributed by atoms with E-state index in [1.807, 2.05) is 0 Å². The van der Waals surface area contributed by atoms with Crippen molar-refractivity contribution >= 4 is 23.6 Å². The second kappa shape index (κ2) is 5.20. The molecular weight excluding hydrogens is 262 g/mol. The Morgan fingerprint density at radius 3 is 2.65 bits per heavy atom. The summed E-state index contributed by atoms with van der Waals surface area (Å²) in [5.74, 6) is -1.78. The van der Waals surface area contributed by atoms with Gasteiger partial charge in [0.05, 0.1) is 0 Å². The van der Waals surface area contributed by atoms with Gasteiger partial charge < -0.3 is 16.2 Å². The number of urea groups is 1. The molecule has 1 aliphatic rings. The second-order valence-electron chi connectivity index (χ2n) is 4.63. The van der Waals surface area contributed by atoms with Crippen molar-refractivity contribution in [2.24, 2.45) is 5.73 Å². The first kappa shape index (κ1) is 13.9. The monoisotopic (exact) mass is 277 g/mol. The highest BCUT2D eigenvalue weighted by atomic mass is 16.4. The number of fused-ring (bicyclic) bond motifs is 1. The zero-order valence-electron chi connectivity index (χ0n) is 10.9. The topological polar surface area (TPSA) is 113 Å². The average molecular weight is 277 g/mol. The number of primary amides is 1. The van der Waals surface area contributed by atoms with Gasteiger partial charge in [-0.1, -0.05) is 18.2 Å². The minimum Gasteiger partial charge on any atom is -0.480 e. The fourth-order valence-electron chi connectivity index (χ4n) is 2.16. The maximum Gasteiger partial charge on any atom is 0.327 e. The molecule has 3 amide bonds. The summed E-state index contributed by atoms with van der Waals surface area (Å²) >= 11 is 0. The summed E-state index contributed by atoms with van der Waals surface area (Å²) in [7, 11) is 0. The van der Waals surface area contributed by atoms with Crippen LogP contribution < -0.4 is 16.0 Å². The van der Waals surface area contributed by atoms with Gasteiger partial charge in [0.25, 0.3) is 0 Å². The summed E-state index contributed by atoms with van der Waals surface area (Å²) in [6, 6.07) is 4.46. The molecule has 1 aromatic rings. The molecule has 4 N–H and O–H groups in total. The van der Waals surface area contributed by atoms with Crippen LogP contribution in [0.2, 0.25) is 0 Å². The largest absolute Gasteiger partial charge is 0.480 e. The summed E-state index contributed by atoms with van der Waals surface area (Å²) in [6.45, 7) is 1.44. The van der Waals surface area contributed by atoms with E-state index in [-0.39, 0.29) is 6.42 Å². The van der Waals surface area contributed by atoms with Gasteiger partial charge in [-0.15, -0.1) is 0 Å². The summed E-state index contributed by atoms with van der Waals surface area (Å²) in [5, 5.41) is 11.6. The molecule has 1 heterocycles. The van der Waals surface area contributed by atoms with Crippen LogP contribution in [-0.4, -0.2) is 35.1 Å². The molecule has 7 heteroatoms. The van der Waals surface area contributed by atoms with Crippen LogP contribution in [0, 0.1) is 0 Å². The number of hydrogen-bond donors (Lipinski definition) is 3. The van der Waals surface area contributed by atoms with E-state index in [0.717, 1.165) is 10.5 Å². The number of nitrogens with one attached hydrogen (secondary N) is 1. The van der Waals surface area contributed by atoms with Gasteiger partial charge in [-0.05, 0) is 18.6 Å². The molecule has 20 heavy (non-hydrogen) atoms. The molecule has 7 nitrogen and oxygen atoms in total. The average Bonchev–Trinajstić information content (AvgIpc) is 2.77. The van der Waals surface area contributed by atoms with Gasteiger partial charge in [0, 0.05) is 12.1 Å². The molecular formula is C13H15N3O4.